The van der Waals surface area contributed by atoms with Crippen molar-refractivity contribution in [3.63, 3.8) is 0 Å². The predicted octanol–water partition coefficient (Wildman–Crippen LogP) is 4.55. The van der Waals surface area contributed by atoms with Gasteiger partial charge < -0.3 is 10.1 Å². The van der Waals surface area contributed by atoms with Gasteiger partial charge in [0.2, 0.25) is 5.91 Å². The van der Waals surface area contributed by atoms with Gasteiger partial charge in [0.15, 0.2) is 0 Å². The maximum atomic E-state index is 13.2. The zero-order valence-electron chi connectivity index (χ0n) is 16.8. The van der Waals surface area contributed by atoms with Crippen LogP contribution in [0.25, 0.3) is 0 Å². The van der Waals surface area contributed by atoms with Gasteiger partial charge >= 0.3 is 6.18 Å². The minimum atomic E-state index is -4.68. The van der Waals surface area contributed by atoms with Gasteiger partial charge in [0, 0.05) is 0 Å². The summed E-state index contributed by atoms with van der Waals surface area (Å²) in [7, 11) is -2.75. The Morgan fingerprint density at radius 1 is 0.938 bits per heavy atom. The summed E-state index contributed by atoms with van der Waals surface area (Å²) in [6, 6.07) is 17.8. The Kier molecular flexibility index (Phi) is 6.73. The molecule has 0 spiro atoms. The van der Waals surface area contributed by atoms with Crippen LogP contribution in [-0.4, -0.2) is 28.0 Å². The lowest BCUT2D eigenvalue weighted by Gasteiger charge is -2.24. The lowest BCUT2D eigenvalue weighted by Crippen LogP contribution is -2.38. The van der Waals surface area contributed by atoms with E-state index in [0.717, 1.165) is 16.4 Å². The molecule has 0 aromatic heterocycles. The van der Waals surface area contributed by atoms with Gasteiger partial charge in [-0.1, -0.05) is 30.3 Å². The van der Waals surface area contributed by atoms with Gasteiger partial charge in [-0.15, -0.1) is 0 Å². The minimum Gasteiger partial charge on any atom is -0.497 e. The first-order valence-electron chi connectivity index (χ1n) is 9.31. The third-order valence-electron chi connectivity index (χ3n) is 4.49. The monoisotopic (exact) mass is 464 g/mol. The molecule has 3 aromatic rings. The zero-order chi connectivity index (χ0) is 23.4. The molecule has 0 aliphatic rings. The van der Waals surface area contributed by atoms with E-state index >= 15 is 0 Å². The van der Waals surface area contributed by atoms with Crippen LogP contribution in [-0.2, 0) is 21.0 Å². The number of methoxy groups -OCH3 is 1. The molecule has 0 fully saturated rings. The summed E-state index contributed by atoms with van der Waals surface area (Å²) < 4.78 is 72.1. The van der Waals surface area contributed by atoms with E-state index in [4.69, 9.17) is 4.74 Å². The van der Waals surface area contributed by atoms with E-state index in [0.29, 0.717) is 5.75 Å². The molecule has 3 rings (SSSR count). The third kappa shape index (κ3) is 5.20. The number of amides is 1. The number of hydrogen-bond donors (Lipinski definition) is 1. The molecule has 0 bridgehead atoms. The predicted molar refractivity (Wildman–Crippen MR) is 114 cm³/mol. The van der Waals surface area contributed by atoms with Crippen LogP contribution in [0.3, 0.4) is 0 Å². The molecule has 0 atom stereocenters. The van der Waals surface area contributed by atoms with Gasteiger partial charge in [-0.25, -0.2) is 8.42 Å². The maximum absolute atomic E-state index is 13.2. The molecular formula is C22H19F3N2O4S. The Labute approximate surface area is 183 Å². The second-order valence-electron chi connectivity index (χ2n) is 6.61. The van der Waals surface area contributed by atoms with Crippen molar-refractivity contribution in [1.29, 1.82) is 0 Å². The first kappa shape index (κ1) is 23.1. The fraction of sp³-hybridized carbons (Fsp3) is 0.136. The molecule has 32 heavy (non-hydrogen) atoms. The number of halogens is 3. The molecule has 0 heterocycles. The molecule has 0 saturated heterocycles. The van der Waals surface area contributed by atoms with Gasteiger partial charge in [-0.05, 0) is 48.5 Å². The summed E-state index contributed by atoms with van der Waals surface area (Å²) in [6.45, 7) is -0.740. The molecule has 0 aliphatic heterocycles. The van der Waals surface area contributed by atoms with Crippen molar-refractivity contribution in [3.8, 4) is 5.75 Å². The van der Waals surface area contributed by atoms with Crippen LogP contribution in [0.2, 0.25) is 0 Å². The largest absolute Gasteiger partial charge is 0.497 e. The van der Waals surface area contributed by atoms with Gasteiger partial charge in [0.1, 0.15) is 12.3 Å². The number of para-hydroxylation sites is 1. The van der Waals surface area contributed by atoms with Crippen LogP contribution in [0.4, 0.5) is 24.5 Å². The Hall–Kier alpha value is -3.53. The molecule has 0 radical (unpaired) electrons. The smallest absolute Gasteiger partial charge is 0.418 e. The fourth-order valence-electron chi connectivity index (χ4n) is 2.94. The highest BCUT2D eigenvalue weighted by molar-refractivity contribution is 7.92. The van der Waals surface area contributed by atoms with E-state index in [2.05, 4.69) is 5.32 Å². The van der Waals surface area contributed by atoms with E-state index in [-0.39, 0.29) is 10.6 Å². The molecule has 168 valence electrons. The summed E-state index contributed by atoms with van der Waals surface area (Å²) in [5.74, 6) is -0.466. The third-order valence-corrected chi connectivity index (χ3v) is 6.27. The molecule has 1 N–H and O–H groups in total. The first-order valence-corrected chi connectivity index (χ1v) is 10.7. The van der Waals surface area contributed by atoms with Crippen molar-refractivity contribution in [2.45, 2.75) is 11.1 Å². The Bertz CT molecular complexity index is 1180. The van der Waals surface area contributed by atoms with Crippen molar-refractivity contribution in [2.75, 3.05) is 23.3 Å². The second kappa shape index (κ2) is 9.31. The Morgan fingerprint density at radius 2 is 1.53 bits per heavy atom. The van der Waals surface area contributed by atoms with Gasteiger partial charge in [0.25, 0.3) is 10.0 Å². The van der Waals surface area contributed by atoms with Gasteiger partial charge in [-0.2, -0.15) is 13.2 Å². The topological polar surface area (TPSA) is 75.7 Å². The normalized spacial score (nSPS) is 11.6. The molecule has 0 unspecified atom stereocenters. The van der Waals surface area contributed by atoms with E-state index in [9.17, 15) is 26.4 Å². The van der Waals surface area contributed by atoms with Crippen LogP contribution in [0.1, 0.15) is 5.56 Å². The van der Waals surface area contributed by atoms with Crippen molar-refractivity contribution < 1.29 is 31.1 Å². The van der Waals surface area contributed by atoms with E-state index in [1.807, 2.05) is 0 Å². The lowest BCUT2D eigenvalue weighted by atomic mass is 10.1. The minimum absolute atomic E-state index is 0.0701. The number of rotatable bonds is 7. The number of carbonyl (C=O) groups excluding carboxylic acids is 1. The first-order chi connectivity index (χ1) is 15.1. The SMILES string of the molecule is COc1ccc(N(CC(=O)Nc2ccccc2C(F)(F)F)S(=O)(=O)c2ccccc2)cc1. The molecule has 1 amide bonds. The van der Waals surface area contributed by atoms with E-state index in [1.54, 1.807) is 6.07 Å². The Balaban J connectivity index is 1.95. The number of sulfonamides is 1. The average Bonchev–Trinajstić information content (AvgIpc) is 2.78. The number of hydrogen-bond acceptors (Lipinski definition) is 4. The molecule has 10 heteroatoms. The van der Waals surface area contributed by atoms with Crippen molar-refractivity contribution in [1.82, 2.24) is 0 Å². The maximum Gasteiger partial charge on any atom is 0.418 e. The molecular weight excluding hydrogens is 445 g/mol. The summed E-state index contributed by atoms with van der Waals surface area (Å²) >= 11 is 0. The fourth-order valence-corrected chi connectivity index (χ4v) is 4.38. The van der Waals surface area contributed by atoms with Crippen molar-refractivity contribution in [3.05, 3.63) is 84.4 Å². The van der Waals surface area contributed by atoms with Crippen molar-refractivity contribution in [2.24, 2.45) is 0 Å². The summed E-state index contributed by atoms with van der Waals surface area (Å²) in [6.07, 6.45) is -4.68. The molecule has 0 aliphatic carbocycles. The highest BCUT2D eigenvalue weighted by Gasteiger charge is 2.34. The lowest BCUT2D eigenvalue weighted by molar-refractivity contribution is -0.137. The van der Waals surface area contributed by atoms with Crippen molar-refractivity contribution >= 4 is 27.3 Å². The highest BCUT2D eigenvalue weighted by atomic mass is 32.2. The summed E-state index contributed by atoms with van der Waals surface area (Å²) in [4.78, 5) is 12.6. The van der Waals surface area contributed by atoms with Crippen LogP contribution in [0, 0.1) is 0 Å². The van der Waals surface area contributed by atoms with Crippen LogP contribution in [0.15, 0.2) is 83.8 Å². The average molecular weight is 464 g/mol. The number of nitrogens with one attached hydrogen (secondary N) is 1. The quantitative estimate of drug-likeness (QED) is 0.557. The summed E-state index contributed by atoms with van der Waals surface area (Å²) in [5.41, 5.74) is -1.35. The highest BCUT2D eigenvalue weighted by Crippen LogP contribution is 2.34. The van der Waals surface area contributed by atoms with Gasteiger partial charge in [0.05, 0.1) is 28.9 Å². The molecule has 6 nitrogen and oxygen atoms in total. The number of alkyl halides is 3. The second-order valence-corrected chi connectivity index (χ2v) is 8.48. The number of anilines is 2. The molecule has 0 saturated carbocycles. The number of ether oxygens (including phenoxy) is 1. The number of benzene rings is 3. The van der Waals surface area contributed by atoms with E-state index in [1.165, 1.54) is 67.8 Å². The van der Waals surface area contributed by atoms with Gasteiger partial charge in [-0.3, -0.25) is 9.10 Å². The zero-order valence-corrected chi connectivity index (χ0v) is 17.7. The van der Waals surface area contributed by atoms with Crippen LogP contribution < -0.4 is 14.4 Å². The standard InChI is InChI=1S/C22H19F3N2O4S/c1-31-17-13-11-16(12-14-17)27(32(29,30)18-7-3-2-4-8-18)15-21(28)26-20-10-6-5-9-19(20)22(23,24)25/h2-14H,15H2,1H3,(H,26,28). The number of carbonyl (C=O) groups is 1. The molecule has 3 aromatic carbocycles. The summed E-state index contributed by atoms with van der Waals surface area (Å²) in [5, 5.41) is 2.17. The van der Waals surface area contributed by atoms with Crippen LogP contribution >= 0.6 is 0 Å². The van der Waals surface area contributed by atoms with Crippen LogP contribution in [0.5, 0.6) is 5.75 Å². The number of nitrogens with zero attached hydrogens (tertiary/aromatic N) is 1. The van der Waals surface area contributed by atoms with E-state index < -0.39 is 39.9 Å². The Morgan fingerprint density at radius 3 is 2.12 bits per heavy atom.